The molecule has 0 atom stereocenters. The molecule has 0 aliphatic rings. The third-order valence-corrected chi connectivity index (χ3v) is 2.04. The monoisotopic (exact) mass is 259 g/mol. The van der Waals surface area contributed by atoms with Gasteiger partial charge in [-0.15, -0.1) is 0 Å². The van der Waals surface area contributed by atoms with Crippen LogP contribution in [0.5, 0.6) is 5.75 Å². The minimum absolute atomic E-state index is 0.0981. The third-order valence-electron chi connectivity index (χ3n) is 2.04. The highest BCUT2D eigenvalue weighted by atomic mass is 19.3. The molecule has 1 aromatic rings. The summed E-state index contributed by atoms with van der Waals surface area (Å²) in [5, 5.41) is 2.97. The first-order valence-corrected chi connectivity index (χ1v) is 5.56. The molecule has 1 N–H and O–H groups in total. The summed E-state index contributed by atoms with van der Waals surface area (Å²) in [5.41, 5.74) is 0.723. The van der Waals surface area contributed by atoms with E-state index in [9.17, 15) is 13.6 Å². The third kappa shape index (κ3) is 5.47. The van der Waals surface area contributed by atoms with Gasteiger partial charge in [0, 0.05) is 12.2 Å². The summed E-state index contributed by atoms with van der Waals surface area (Å²) in [6.07, 6.45) is 0.253. The van der Waals surface area contributed by atoms with Gasteiger partial charge in [0.15, 0.2) is 0 Å². The maximum Gasteiger partial charge on any atom is 0.387 e. The SMILES string of the molecule is CCOC(=O)CCNc1ccc(OC(F)F)cc1. The van der Waals surface area contributed by atoms with Gasteiger partial charge in [0.25, 0.3) is 0 Å². The molecule has 0 fully saturated rings. The minimum Gasteiger partial charge on any atom is -0.466 e. The number of ether oxygens (including phenoxy) is 2. The predicted molar refractivity (Wildman–Crippen MR) is 62.8 cm³/mol. The molecule has 6 heteroatoms. The van der Waals surface area contributed by atoms with E-state index in [0.717, 1.165) is 5.69 Å². The van der Waals surface area contributed by atoms with E-state index >= 15 is 0 Å². The number of benzene rings is 1. The molecule has 100 valence electrons. The molecular weight excluding hydrogens is 244 g/mol. The summed E-state index contributed by atoms with van der Waals surface area (Å²) in [4.78, 5) is 11.0. The predicted octanol–water partition coefficient (Wildman–Crippen LogP) is 2.65. The van der Waals surface area contributed by atoms with E-state index < -0.39 is 6.61 Å². The molecule has 0 spiro atoms. The maximum atomic E-state index is 11.9. The van der Waals surface area contributed by atoms with Gasteiger partial charge in [-0.3, -0.25) is 4.79 Å². The summed E-state index contributed by atoms with van der Waals surface area (Å²) in [5.74, 6) is -0.177. The highest BCUT2D eigenvalue weighted by Crippen LogP contribution is 2.17. The summed E-state index contributed by atoms with van der Waals surface area (Å²) in [6, 6.07) is 6.06. The number of esters is 1. The van der Waals surface area contributed by atoms with Gasteiger partial charge in [0.1, 0.15) is 5.75 Å². The Morgan fingerprint density at radius 2 is 2.00 bits per heavy atom. The Morgan fingerprint density at radius 1 is 1.33 bits per heavy atom. The van der Waals surface area contributed by atoms with E-state index in [0.29, 0.717) is 13.2 Å². The van der Waals surface area contributed by atoms with Crippen molar-refractivity contribution in [2.75, 3.05) is 18.5 Å². The van der Waals surface area contributed by atoms with Gasteiger partial charge in [-0.25, -0.2) is 0 Å². The molecule has 0 bridgehead atoms. The molecule has 0 heterocycles. The first-order valence-electron chi connectivity index (χ1n) is 5.56. The van der Waals surface area contributed by atoms with Crippen LogP contribution >= 0.6 is 0 Å². The largest absolute Gasteiger partial charge is 0.466 e. The minimum atomic E-state index is -2.83. The van der Waals surface area contributed by atoms with Gasteiger partial charge in [0.2, 0.25) is 0 Å². The lowest BCUT2D eigenvalue weighted by molar-refractivity contribution is -0.142. The number of alkyl halides is 2. The molecule has 18 heavy (non-hydrogen) atoms. The van der Waals surface area contributed by atoms with E-state index in [-0.39, 0.29) is 18.1 Å². The summed E-state index contributed by atoms with van der Waals surface area (Å²) < 4.78 is 32.8. The summed E-state index contributed by atoms with van der Waals surface area (Å²) >= 11 is 0. The fourth-order valence-corrected chi connectivity index (χ4v) is 1.30. The Labute approximate surface area is 104 Å². The molecular formula is C12H15F2NO3. The smallest absolute Gasteiger partial charge is 0.387 e. The maximum absolute atomic E-state index is 11.9. The van der Waals surface area contributed by atoms with Gasteiger partial charge in [-0.05, 0) is 31.2 Å². The normalized spacial score (nSPS) is 10.2. The van der Waals surface area contributed by atoms with E-state index in [1.54, 1.807) is 19.1 Å². The molecule has 0 saturated carbocycles. The highest BCUT2D eigenvalue weighted by Gasteiger charge is 2.04. The van der Waals surface area contributed by atoms with Crippen molar-refractivity contribution in [2.45, 2.75) is 20.0 Å². The molecule has 0 radical (unpaired) electrons. The van der Waals surface area contributed by atoms with Crippen LogP contribution in [0.2, 0.25) is 0 Å². The van der Waals surface area contributed by atoms with Crippen LogP contribution in [-0.4, -0.2) is 25.7 Å². The zero-order valence-corrected chi connectivity index (χ0v) is 9.99. The van der Waals surface area contributed by atoms with Crippen molar-refractivity contribution < 1.29 is 23.0 Å². The topological polar surface area (TPSA) is 47.6 Å². The van der Waals surface area contributed by atoms with Crippen LogP contribution in [0.3, 0.4) is 0 Å². The Kier molecular flexibility index (Phi) is 5.90. The van der Waals surface area contributed by atoms with Crippen LogP contribution in [-0.2, 0) is 9.53 Å². The number of carbonyl (C=O) groups is 1. The molecule has 1 aromatic carbocycles. The van der Waals surface area contributed by atoms with E-state index in [1.807, 2.05) is 0 Å². The first-order chi connectivity index (χ1) is 8.61. The molecule has 0 unspecified atom stereocenters. The van der Waals surface area contributed by atoms with Gasteiger partial charge in [-0.1, -0.05) is 0 Å². The molecule has 0 saturated heterocycles. The van der Waals surface area contributed by atoms with Crippen LogP contribution in [0.15, 0.2) is 24.3 Å². The molecule has 0 aliphatic carbocycles. The average Bonchev–Trinajstić information content (AvgIpc) is 2.31. The number of hydrogen-bond donors (Lipinski definition) is 1. The fraction of sp³-hybridized carbons (Fsp3) is 0.417. The standard InChI is InChI=1S/C12H15F2NO3/c1-2-17-11(16)7-8-15-9-3-5-10(6-4-9)18-12(13)14/h3-6,12,15H,2,7-8H2,1H3. The van der Waals surface area contributed by atoms with Gasteiger partial charge < -0.3 is 14.8 Å². The van der Waals surface area contributed by atoms with Crippen molar-refractivity contribution in [1.29, 1.82) is 0 Å². The van der Waals surface area contributed by atoms with Crippen molar-refractivity contribution in [3.63, 3.8) is 0 Å². The quantitative estimate of drug-likeness (QED) is 0.765. The van der Waals surface area contributed by atoms with E-state index in [1.165, 1.54) is 12.1 Å². The Balaban J connectivity index is 2.33. The van der Waals surface area contributed by atoms with Crippen molar-refractivity contribution in [1.82, 2.24) is 0 Å². The number of hydrogen-bond acceptors (Lipinski definition) is 4. The van der Waals surface area contributed by atoms with Crippen molar-refractivity contribution in [2.24, 2.45) is 0 Å². The summed E-state index contributed by atoms with van der Waals surface area (Å²) in [7, 11) is 0. The lowest BCUT2D eigenvalue weighted by Crippen LogP contribution is -2.11. The lowest BCUT2D eigenvalue weighted by atomic mass is 10.3. The van der Waals surface area contributed by atoms with Gasteiger partial charge in [-0.2, -0.15) is 8.78 Å². The zero-order valence-electron chi connectivity index (χ0n) is 9.99. The van der Waals surface area contributed by atoms with Crippen LogP contribution in [0.4, 0.5) is 14.5 Å². The van der Waals surface area contributed by atoms with Crippen molar-refractivity contribution >= 4 is 11.7 Å². The molecule has 4 nitrogen and oxygen atoms in total. The van der Waals surface area contributed by atoms with Crippen molar-refractivity contribution in [3.05, 3.63) is 24.3 Å². The summed E-state index contributed by atoms with van der Waals surface area (Å²) in [6.45, 7) is -0.299. The Morgan fingerprint density at radius 3 is 2.56 bits per heavy atom. The Bertz CT molecular complexity index is 368. The second kappa shape index (κ2) is 7.47. The molecule has 0 aromatic heterocycles. The van der Waals surface area contributed by atoms with Gasteiger partial charge in [0.05, 0.1) is 13.0 Å². The zero-order chi connectivity index (χ0) is 13.4. The van der Waals surface area contributed by atoms with Gasteiger partial charge >= 0.3 is 12.6 Å². The molecule has 1 rings (SSSR count). The average molecular weight is 259 g/mol. The second-order valence-electron chi connectivity index (χ2n) is 3.38. The van der Waals surface area contributed by atoms with Crippen LogP contribution in [0.25, 0.3) is 0 Å². The lowest BCUT2D eigenvalue weighted by Gasteiger charge is -2.08. The van der Waals surface area contributed by atoms with E-state index in [2.05, 4.69) is 10.1 Å². The number of rotatable bonds is 7. The molecule has 0 amide bonds. The fourth-order valence-electron chi connectivity index (χ4n) is 1.30. The first kappa shape index (κ1) is 14.2. The van der Waals surface area contributed by atoms with Crippen LogP contribution < -0.4 is 10.1 Å². The van der Waals surface area contributed by atoms with Crippen LogP contribution in [0.1, 0.15) is 13.3 Å². The number of carbonyl (C=O) groups excluding carboxylic acids is 1. The van der Waals surface area contributed by atoms with Crippen molar-refractivity contribution in [3.8, 4) is 5.75 Å². The number of nitrogens with one attached hydrogen (secondary N) is 1. The second-order valence-corrected chi connectivity index (χ2v) is 3.38. The van der Waals surface area contributed by atoms with Crippen LogP contribution in [0, 0.1) is 0 Å². The number of halogens is 2. The highest BCUT2D eigenvalue weighted by molar-refractivity contribution is 5.70. The molecule has 0 aliphatic heterocycles. The Hall–Kier alpha value is -1.85. The number of anilines is 1. The van der Waals surface area contributed by atoms with E-state index in [4.69, 9.17) is 4.74 Å².